The number of carbonyl (C=O) groups is 1. The van der Waals surface area contributed by atoms with Crippen molar-refractivity contribution in [3.63, 3.8) is 0 Å². The quantitative estimate of drug-likeness (QED) is 0.374. The van der Waals surface area contributed by atoms with Crippen LogP contribution in [0.5, 0.6) is 5.75 Å². The lowest BCUT2D eigenvalue weighted by Crippen LogP contribution is -2.28. The molecule has 2 atom stereocenters. The molecule has 1 aliphatic heterocycles. The fourth-order valence-corrected chi connectivity index (χ4v) is 4.45. The molecule has 0 radical (unpaired) electrons. The fraction of sp³-hybridized carbons (Fsp3) is 0.632. The Kier molecular flexibility index (Phi) is 6.17. The van der Waals surface area contributed by atoms with Crippen molar-refractivity contribution in [3.8, 4) is 5.75 Å². The van der Waals surface area contributed by atoms with Crippen molar-refractivity contribution in [2.75, 3.05) is 18.9 Å². The number of rotatable bonds is 9. The summed E-state index contributed by atoms with van der Waals surface area (Å²) in [5.74, 6) is 1.90. The van der Waals surface area contributed by atoms with Crippen LogP contribution in [-0.4, -0.2) is 35.5 Å². The topological polar surface area (TPSA) is 29.5 Å². The molecule has 132 valence electrons. The van der Waals surface area contributed by atoms with E-state index in [1.807, 2.05) is 12.1 Å². The van der Waals surface area contributed by atoms with Gasteiger partial charge in [-0.3, -0.25) is 0 Å². The molecule has 1 aliphatic carbocycles. The van der Waals surface area contributed by atoms with Gasteiger partial charge in [0, 0.05) is 24.8 Å². The number of benzene rings is 1. The second kappa shape index (κ2) is 8.34. The van der Waals surface area contributed by atoms with Gasteiger partial charge in [0.2, 0.25) is 0 Å². The molecule has 0 N–H and O–H groups in total. The molecule has 1 aromatic rings. The van der Waals surface area contributed by atoms with E-state index in [2.05, 4.69) is 11.2 Å². The van der Waals surface area contributed by atoms with Crippen molar-refractivity contribution < 1.29 is 13.9 Å². The Hall–Kier alpha value is -1.07. The molecule has 0 aromatic heterocycles. The lowest BCUT2D eigenvalue weighted by atomic mass is 9.92. The number of nitrogens with zero attached hydrogens (tertiary/aromatic N) is 1. The Bertz CT molecular complexity index is 564. The Morgan fingerprint density at radius 3 is 3.00 bits per heavy atom. The molecule has 2 unspecified atom stereocenters. The predicted molar refractivity (Wildman–Crippen MR) is 95.9 cm³/mol. The van der Waals surface area contributed by atoms with Crippen molar-refractivity contribution in [3.05, 3.63) is 29.6 Å². The first-order valence-corrected chi connectivity index (χ1v) is 9.88. The van der Waals surface area contributed by atoms with Crippen molar-refractivity contribution in [1.82, 2.24) is 4.31 Å². The summed E-state index contributed by atoms with van der Waals surface area (Å²) in [6.07, 6.45) is 6.29. The molecule has 24 heavy (non-hydrogen) atoms. The zero-order valence-electron chi connectivity index (χ0n) is 14.2. The maximum Gasteiger partial charge on any atom is 0.165 e. The highest BCUT2D eigenvalue weighted by atomic mass is 32.2. The Labute approximate surface area is 148 Å². The van der Waals surface area contributed by atoms with Crippen molar-refractivity contribution >= 4 is 18.2 Å². The van der Waals surface area contributed by atoms with Crippen LogP contribution in [0.15, 0.2) is 18.2 Å². The molecule has 0 bridgehead atoms. The Morgan fingerprint density at radius 1 is 1.42 bits per heavy atom. The summed E-state index contributed by atoms with van der Waals surface area (Å²) < 4.78 is 22.1. The van der Waals surface area contributed by atoms with Gasteiger partial charge in [0.15, 0.2) is 11.6 Å². The third-order valence-corrected chi connectivity index (χ3v) is 6.17. The highest BCUT2D eigenvalue weighted by Crippen LogP contribution is 2.37. The van der Waals surface area contributed by atoms with Gasteiger partial charge in [0.25, 0.3) is 0 Å². The largest absolute Gasteiger partial charge is 0.490 e. The van der Waals surface area contributed by atoms with Gasteiger partial charge in [0.1, 0.15) is 6.29 Å². The van der Waals surface area contributed by atoms with Crippen LogP contribution in [-0.2, 0) is 4.79 Å². The van der Waals surface area contributed by atoms with Crippen LogP contribution >= 0.6 is 11.9 Å². The Balaban J connectivity index is 1.65. The monoisotopic (exact) mass is 351 g/mol. The van der Waals surface area contributed by atoms with Gasteiger partial charge in [-0.1, -0.05) is 24.9 Å². The first kappa shape index (κ1) is 17.7. The molecule has 0 amide bonds. The van der Waals surface area contributed by atoms with E-state index < -0.39 is 0 Å². The maximum absolute atomic E-state index is 14.0. The predicted octanol–water partition coefficient (Wildman–Crippen LogP) is 4.42. The lowest BCUT2D eigenvalue weighted by molar-refractivity contribution is -0.107. The zero-order valence-corrected chi connectivity index (χ0v) is 15.1. The molecule has 3 rings (SSSR count). The molecule has 1 aromatic carbocycles. The molecule has 1 saturated heterocycles. The number of halogens is 1. The van der Waals surface area contributed by atoms with Crippen LogP contribution in [0.2, 0.25) is 0 Å². The standard InChI is InChI=1S/C19H26FNO2S/c1-14(18-4-2-9-21(18)24-11-3-10-22)16-7-8-17(20)19(12-16)23-13-15-5-6-15/h7-8,10,12,14-15,18H,2-6,9,11,13H2,1H3. The number of aldehydes is 1. The first-order chi connectivity index (χ1) is 11.7. The zero-order chi connectivity index (χ0) is 16.9. The van der Waals surface area contributed by atoms with Crippen molar-refractivity contribution in [2.24, 2.45) is 5.92 Å². The number of ether oxygens (including phenoxy) is 1. The summed E-state index contributed by atoms with van der Waals surface area (Å²) >= 11 is 1.77. The molecule has 0 spiro atoms. The highest BCUT2D eigenvalue weighted by molar-refractivity contribution is 7.97. The summed E-state index contributed by atoms with van der Waals surface area (Å²) in [5, 5.41) is 0. The van der Waals surface area contributed by atoms with Crippen molar-refractivity contribution in [2.45, 2.75) is 51.0 Å². The number of hydrogen-bond acceptors (Lipinski definition) is 4. The van der Waals surface area contributed by atoms with E-state index in [-0.39, 0.29) is 5.82 Å². The van der Waals surface area contributed by atoms with Crippen LogP contribution in [0.25, 0.3) is 0 Å². The normalized spacial score (nSPS) is 22.5. The molecule has 1 heterocycles. The minimum absolute atomic E-state index is 0.268. The van der Waals surface area contributed by atoms with Crippen LogP contribution in [0.4, 0.5) is 4.39 Å². The van der Waals surface area contributed by atoms with Gasteiger partial charge >= 0.3 is 0 Å². The molecule has 3 nitrogen and oxygen atoms in total. The molecular formula is C19H26FNO2S. The van der Waals surface area contributed by atoms with E-state index in [9.17, 15) is 9.18 Å². The Morgan fingerprint density at radius 2 is 2.25 bits per heavy atom. The summed E-state index contributed by atoms with van der Waals surface area (Å²) in [4.78, 5) is 10.5. The van der Waals surface area contributed by atoms with E-state index >= 15 is 0 Å². The van der Waals surface area contributed by atoms with Gasteiger partial charge in [-0.2, -0.15) is 0 Å². The second-order valence-corrected chi connectivity index (χ2v) is 8.01. The van der Waals surface area contributed by atoms with E-state index in [4.69, 9.17) is 4.74 Å². The minimum atomic E-state index is -0.268. The molecule has 5 heteroatoms. The van der Waals surface area contributed by atoms with Gasteiger partial charge in [-0.25, -0.2) is 8.70 Å². The first-order valence-electron chi connectivity index (χ1n) is 8.94. The van der Waals surface area contributed by atoms with Crippen LogP contribution in [0, 0.1) is 11.7 Å². The third-order valence-electron chi connectivity index (χ3n) is 4.97. The summed E-state index contributed by atoms with van der Waals surface area (Å²) in [6, 6.07) is 5.74. The van der Waals surface area contributed by atoms with E-state index in [1.54, 1.807) is 11.9 Å². The second-order valence-electron chi connectivity index (χ2n) is 6.87. The van der Waals surface area contributed by atoms with E-state index in [0.717, 1.165) is 30.6 Å². The third kappa shape index (κ3) is 4.51. The van der Waals surface area contributed by atoms with Gasteiger partial charge in [-0.05, 0) is 55.2 Å². The molecule has 2 fully saturated rings. The van der Waals surface area contributed by atoms with E-state index in [0.29, 0.717) is 36.7 Å². The smallest absolute Gasteiger partial charge is 0.165 e. The van der Waals surface area contributed by atoms with Crippen LogP contribution < -0.4 is 4.74 Å². The molecular weight excluding hydrogens is 325 g/mol. The molecule has 1 saturated carbocycles. The lowest BCUT2D eigenvalue weighted by Gasteiger charge is -2.29. The van der Waals surface area contributed by atoms with Crippen LogP contribution in [0.3, 0.4) is 0 Å². The van der Waals surface area contributed by atoms with Crippen molar-refractivity contribution in [1.29, 1.82) is 0 Å². The number of hydrogen-bond donors (Lipinski definition) is 0. The van der Waals surface area contributed by atoms with Gasteiger partial charge in [-0.15, -0.1) is 0 Å². The SMILES string of the molecule is CC(c1ccc(F)c(OCC2CC2)c1)C1CCCN1SCCC=O. The average Bonchev–Trinajstić information content (AvgIpc) is 3.30. The highest BCUT2D eigenvalue weighted by Gasteiger charge is 2.31. The fourth-order valence-electron chi connectivity index (χ4n) is 3.27. The van der Waals surface area contributed by atoms with Gasteiger partial charge in [0.05, 0.1) is 6.61 Å². The summed E-state index contributed by atoms with van der Waals surface area (Å²) in [7, 11) is 0. The minimum Gasteiger partial charge on any atom is -0.490 e. The van der Waals surface area contributed by atoms with Crippen LogP contribution in [0.1, 0.15) is 50.5 Å². The molecule has 2 aliphatic rings. The average molecular weight is 351 g/mol. The summed E-state index contributed by atoms with van der Waals surface area (Å²) in [6.45, 7) is 3.90. The summed E-state index contributed by atoms with van der Waals surface area (Å²) in [5.41, 5.74) is 1.13. The van der Waals surface area contributed by atoms with Gasteiger partial charge < -0.3 is 9.53 Å². The van der Waals surface area contributed by atoms with E-state index in [1.165, 1.54) is 25.3 Å². The maximum atomic E-state index is 14.0. The number of carbonyl (C=O) groups excluding carboxylic acids is 1.